The molecule has 0 aliphatic rings. The molecule has 0 aliphatic heterocycles. The van der Waals surface area contributed by atoms with Crippen LogP contribution in [0.2, 0.25) is 0 Å². The first-order chi connectivity index (χ1) is 8.29. The van der Waals surface area contributed by atoms with Crippen LogP contribution in [0.15, 0.2) is 16.5 Å². The lowest BCUT2D eigenvalue weighted by Gasteiger charge is -1.98. The molecular formula is C12H17N3OS. The van der Waals surface area contributed by atoms with Crippen molar-refractivity contribution < 1.29 is 4.42 Å². The maximum absolute atomic E-state index is 5.61. The molecule has 0 spiro atoms. The highest BCUT2D eigenvalue weighted by atomic mass is 32.1. The summed E-state index contributed by atoms with van der Waals surface area (Å²) < 4.78 is 5.61. The van der Waals surface area contributed by atoms with Gasteiger partial charge >= 0.3 is 0 Å². The molecular weight excluding hydrogens is 234 g/mol. The van der Waals surface area contributed by atoms with E-state index < -0.39 is 0 Å². The van der Waals surface area contributed by atoms with Gasteiger partial charge in [0.2, 0.25) is 5.89 Å². The first-order valence-electron chi connectivity index (χ1n) is 5.89. The van der Waals surface area contributed by atoms with Crippen molar-refractivity contribution in [2.75, 3.05) is 13.1 Å². The molecule has 0 saturated heterocycles. The minimum atomic E-state index is 0.633. The van der Waals surface area contributed by atoms with Gasteiger partial charge in [-0.05, 0) is 32.0 Å². The first kappa shape index (κ1) is 12.3. The van der Waals surface area contributed by atoms with Gasteiger partial charge in [-0.15, -0.1) is 21.5 Å². The number of nitrogens with one attached hydrogen (secondary N) is 1. The molecule has 5 heteroatoms. The van der Waals surface area contributed by atoms with Gasteiger partial charge < -0.3 is 9.73 Å². The summed E-state index contributed by atoms with van der Waals surface area (Å²) in [5.41, 5.74) is 0. The van der Waals surface area contributed by atoms with E-state index in [1.807, 2.05) is 6.07 Å². The minimum absolute atomic E-state index is 0.633. The number of rotatable bonds is 6. The van der Waals surface area contributed by atoms with Crippen LogP contribution >= 0.6 is 11.3 Å². The summed E-state index contributed by atoms with van der Waals surface area (Å²) in [5.74, 6) is 1.34. The predicted molar refractivity (Wildman–Crippen MR) is 69.2 cm³/mol. The fourth-order valence-corrected chi connectivity index (χ4v) is 2.29. The van der Waals surface area contributed by atoms with Crippen molar-refractivity contribution in [2.45, 2.75) is 26.7 Å². The van der Waals surface area contributed by atoms with E-state index in [1.54, 1.807) is 11.3 Å². The Morgan fingerprint density at radius 3 is 2.88 bits per heavy atom. The molecule has 0 atom stereocenters. The van der Waals surface area contributed by atoms with Gasteiger partial charge in [0.05, 0.1) is 4.88 Å². The van der Waals surface area contributed by atoms with E-state index in [0.717, 1.165) is 30.8 Å². The van der Waals surface area contributed by atoms with Crippen molar-refractivity contribution in [3.8, 4) is 10.8 Å². The van der Waals surface area contributed by atoms with Crippen molar-refractivity contribution in [1.82, 2.24) is 15.5 Å². The Morgan fingerprint density at radius 1 is 1.29 bits per heavy atom. The second kappa shape index (κ2) is 5.93. The third-order valence-electron chi connectivity index (χ3n) is 2.36. The lowest BCUT2D eigenvalue weighted by atomic mass is 10.4. The van der Waals surface area contributed by atoms with E-state index in [4.69, 9.17) is 4.42 Å². The van der Waals surface area contributed by atoms with E-state index in [9.17, 15) is 0 Å². The van der Waals surface area contributed by atoms with Crippen LogP contribution in [-0.4, -0.2) is 23.3 Å². The molecule has 1 N–H and O–H groups in total. The summed E-state index contributed by atoms with van der Waals surface area (Å²) in [4.78, 5) is 2.30. The Balaban J connectivity index is 1.92. The van der Waals surface area contributed by atoms with Crippen molar-refractivity contribution in [2.24, 2.45) is 0 Å². The molecule has 0 fully saturated rings. The lowest BCUT2D eigenvalue weighted by molar-refractivity contribution is 0.495. The molecule has 0 amide bonds. The number of nitrogens with zero attached hydrogens (tertiary/aromatic N) is 2. The molecule has 2 heterocycles. The topological polar surface area (TPSA) is 51.0 Å². The average Bonchev–Trinajstić information content (AvgIpc) is 2.93. The lowest BCUT2D eigenvalue weighted by Crippen LogP contribution is -2.17. The van der Waals surface area contributed by atoms with Crippen LogP contribution in [0.5, 0.6) is 0 Å². The van der Waals surface area contributed by atoms with Gasteiger partial charge in [-0.1, -0.05) is 6.92 Å². The van der Waals surface area contributed by atoms with Gasteiger partial charge in [0.1, 0.15) is 0 Å². The Labute approximate surface area is 105 Å². The summed E-state index contributed by atoms with van der Waals surface area (Å²) in [6, 6.07) is 4.08. The molecule has 0 radical (unpaired) electrons. The summed E-state index contributed by atoms with van der Waals surface area (Å²) in [5, 5.41) is 11.4. The number of hydrogen-bond donors (Lipinski definition) is 1. The zero-order valence-corrected chi connectivity index (χ0v) is 11.0. The monoisotopic (exact) mass is 251 g/mol. The van der Waals surface area contributed by atoms with E-state index in [-0.39, 0.29) is 0 Å². The fraction of sp³-hybridized carbons (Fsp3) is 0.500. The van der Waals surface area contributed by atoms with Crippen LogP contribution < -0.4 is 5.32 Å². The summed E-state index contributed by atoms with van der Waals surface area (Å²) in [6.45, 7) is 6.14. The quantitative estimate of drug-likeness (QED) is 0.802. The normalized spacial score (nSPS) is 10.9. The highest BCUT2D eigenvalue weighted by molar-refractivity contribution is 7.15. The van der Waals surface area contributed by atoms with E-state index in [2.05, 4.69) is 35.4 Å². The summed E-state index contributed by atoms with van der Waals surface area (Å²) >= 11 is 1.67. The Morgan fingerprint density at radius 2 is 2.18 bits per heavy atom. The average molecular weight is 251 g/mol. The largest absolute Gasteiger partial charge is 0.420 e. The highest BCUT2D eigenvalue weighted by Gasteiger charge is 2.09. The molecule has 0 unspecified atom stereocenters. The molecule has 4 nitrogen and oxygen atoms in total. The Hall–Kier alpha value is -1.20. The first-order valence-corrected chi connectivity index (χ1v) is 6.71. The van der Waals surface area contributed by atoms with E-state index in [1.165, 1.54) is 4.88 Å². The molecule has 2 aromatic heterocycles. The Bertz CT molecular complexity index is 464. The van der Waals surface area contributed by atoms with Gasteiger partial charge in [-0.25, -0.2) is 0 Å². The molecule has 0 saturated carbocycles. The van der Waals surface area contributed by atoms with Crippen molar-refractivity contribution >= 4 is 11.3 Å². The van der Waals surface area contributed by atoms with Crippen molar-refractivity contribution in [1.29, 1.82) is 0 Å². The van der Waals surface area contributed by atoms with Gasteiger partial charge in [0.15, 0.2) is 0 Å². The van der Waals surface area contributed by atoms with Gasteiger partial charge in [0, 0.05) is 17.8 Å². The number of thiophene rings is 1. The highest BCUT2D eigenvalue weighted by Crippen LogP contribution is 2.26. The summed E-state index contributed by atoms with van der Waals surface area (Å²) in [6.07, 6.45) is 1.93. The van der Waals surface area contributed by atoms with Crippen molar-refractivity contribution in [3.05, 3.63) is 22.9 Å². The third kappa shape index (κ3) is 3.38. The summed E-state index contributed by atoms with van der Waals surface area (Å²) in [7, 11) is 0. The number of aromatic nitrogens is 2. The van der Waals surface area contributed by atoms with Gasteiger partial charge in [-0.2, -0.15) is 0 Å². The van der Waals surface area contributed by atoms with E-state index in [0.29, 0.717) is 11.8 Å². The molecule has 2 aromatic rings. The molecule has 0 aliphatic carbocycles. The third-order valence-corrected chi connectivity index (χ3v) is 3.35. The molecule has 0 aromatic carbocycles. The van der Waals surface area contributed by atoms with Crippen LogP contribution in [0.3, 0.4) is 0 Å². The smallest absolute Gasteiger partial charge is 0.257 e. The maximum Gasteiger partial charge on any atom is 0.257 e. The zero-order chi connectivity index (χ0) is 12.1. The molecule has 2 rings (SSSR count). The SMILES string of the molecule is CCCNCCc1nnc(-c2ccc(C)s2)o1. The zero-order valence-electron chi connectivity index (χ0n) is 10.2. The van der Waals surface area contributed by atoms with Gasteiger partial charge in [0.25, 0.3) is 5.89 Å². The van der Waals surface area contributed by atoms with E-state index >= 15 is 0 Å². The molecule has 17 heavy (non-hydrogen) atoms. The fourth-order valence-electron chi connectivity index (χ4n) is 1.50. The number of hydrogen-bond acceptors (Lipinski definition) is 5. The second-order valence-corrected chi connectivity index (χ2v) is 5.20. The van der Waals surface area contributed by atoms with Gasteiger partial charge in [-0.3, -0.25) is 0 Å². The standard InChI is InChI=1S/C12H17N3OS/c1-3-7-13-8-6-11-14-15-12(16-11)10-5-4-9(2)17-10/h4-5,13H,3,6-8H2,1-2H3. The Kier molecular flexibility index (Phi) is 4.28. The van der Waals surface area contributed by atoms with Crippen LogP contribution in [0.25, 0.3) is 10.8 Å². The van der Waals surface area contributed by atoms with Crippen LogP contribution in [-0.2, 0) is 6.42 Å². The second-order valence-electron chi connectivity index (χ2n) is 3.91. The van der Waals surface area contributed by atoms with Crippen molar-refractivity contribution in [3.63, 3.8) is 0 Å². The maximum atomic E-state index is 5.61. The minimum Gasteiger partial charge on any atom is -0.420 e. The molecule has 92 valence electrons. The number of aryl methyl sites for hydroxylation is 1. The van der Waals surface area contributed by atoms with Crippen LogP contribution in [0.4, 0.5) is 0 Å². The molecule has 0 bridgehead atoms. The van der Waals surface area contributed by atoms with Crippen LogP contribution in [0.1, 0.15) is 24.1 Å². The predicted octanol–water partition coefficient (Wildman–Crippen LogP) is 2.65. The van der Waals surface area contributed by atoms with Crippen LogP contribution in [0, 0.1) is 6.92 Å².